The van der Waals surface area contributed by atoms with E-state index < -0.39 is 0 Å². The first-order chi connectivity index (χ1) is 10.2. The molecule has 1 fully saturated rings. The van der Waals surface area contributed by atoms with E-state index in [4.69, 9.17) is 0 Å². The van der Waals surface area contributed by atoms with E-state index in [1.165, 1.54) is 6.42 Å². The molecule has 1 aliphatic heterocycles. The van der Waals surface area contributed by atoms with Gasteiger partial charge in [0.25, 0.3) is 0 Å². The van der Waals surface area contributed by atoms with Crippen LogP contribution in [0, 0.1) is 0 Å². The van der Waals surface area contributed by atoms with E-state index in [1.54, 1.807) is 11.3 Å². The van der Waals surface area contributed by atoms with Crippen molar-refractivity contribution in [3.05, 3.63) is 22.4 Å². The van der Waals surface area contributed by atoms with Crippen LogP contribution >= 0.6 is 11.3 Å². The summed E-state index contributed by atoms with van der Waals surface area (Å²) in [5.74, 6) is 0.0641. The van der Waals surface area contributed by atoms with E-state index in [0.29, 0.717) is 6.04 Å². The SMILES string of the molecule is CC(C(=O)NCCCCN1CCCC1CO)c1cccs1. The van der Waals surface area contributed by atoms with Gasteiger partial charge in [0.05, 0.1) is 12.5 Å². The Morgan fingerprint density at radius 1 is 1.57 bits per heavy atom. The maximum Gasteiger partial charge on any atom is 0.228 e. The average Bonchev–Trinajstić information content (AvgIpc) is 3.17. The van der Waals surface area contributed by atoms with Crippen LogP contribution in [0.5, 0.6) is 0 Å². The fourth-order valence-electron chi connectivity index (χ4n) is 2.87. The summed E-state index contributed by atoms with van der Waals surface area (Å²) in [5.41, 5.74) is 0. The second kappa shape index (κ2) is 8.51. The highest BCUT2D eigenvalue weighted by atomic mass is 32.1. The number of amides is 1. The first-order valence-corrected chi connectivity index (χ1v) is 8.76. The van der Waals surface area contributed by atoms with Crippen molar-refractivity contribution in [1.82, 2.24) is 10.2 Å². The molecule has 2 rings (SSSR count). The number of thiophene rings is 1. The Balaban J connectivity index is 1.58. The fourth-order valence-corrected chi connectivity index (χ4v) is 3.65. The Bertz CT molecular complexity index is 422. The number of hydrogen-bond acceptors (Lipinski definition) is 4. The molecule has 0 saturated carbocycles. The van der Waals surface area contributed by atoms with Gasteiger partial charge in [-0.25, -0.2) is 0 Å². The van der Waals surface area contributed by atoms with Crippen LogP contribution in [0.2, 0.25) is 0 Å². The quantitative estimate of drug-likeness (QED) is 0.724. The minimum absolute atomic E-state index is 0.0534. The highest BCUT2D eigenvalue weighted by Crippen LogP contribution is 2.20. The lowest BCUT2D eigenvalue weighted by atomic mass is 10.1. The minimum Gasteiger partial charge on any atom is -0.395 e. The van der Waals surface area contributed by atoms with Crippen molar-refractivity contribution in [2.24, 2.45) is 0 Å². The second-order valence-corrected chi connectivity index (χ2v) is 6.73. The van der Waals surface area contributed by atoms with Gasteiger partial charge in [-0.15, -0.1) is 11.3 Å². The maximum absolute atomic E-state index is 12.0. The third kappa shape index (κ3) is 4.80. The van der Waals surface area contributed by atoms with Crippen LogP contribution in [0.4, 0.5) is 0 Å². The van der Waals surface area contributed by atoms with E-state index in [0.717, 1.165) is 43.8 Å². The Morgan fingerprint density at radius 3 is 3.14 bits per heavy atom. The van der Waals surface area contributed by atoms with E-state index in [-0.39, 0.29) is 18.4 Å². The van der Waals surface area contributed by atoms with E-state index in [9.17, 15) is 9.90 Å². The lowest BCUT2D eigenvalue weighted by molar-refractivity contribution is -0.122. The van der Waals surface area contributed by atoms with Crippen LogP contribution in [-0.2, 0) is 4.79 Å². The zero-order valence-corrected chi connectivity index (χ0v) is 13.6. The molecule has 0 bridgehead atoms. The predicted molar refractivity (Wildman–Crippen MR) is 86.7 cm³/mol. The van der Waals surface area contributed by atoms with Gasteiger partial charge >= 0.3 is 0 Å². The van der Waals surface area contributed by atoms with Crippen LogP contribution in [0.3, 0.4) is 0 Å². The summed E-state index contributed by atoms with van der Waals surface area (Å²) in [7, 11) is 0. The Morgan fingerprint density at radius 2 is 2.43 bits per heavy atom. The van der Waals surface area contributed by atoms with Gasteiger partial charge < -0.3 is 10.4 Å². The zero-order chi connectivity index (χ0) is 15.1. The summed E-state index contributed by atoms with van der Waals surface area (Å²) < 4.78 is 0. The van der Waals surface area contributed by atoms with E-state index in [1.807, 2.05) is 24.4 Å². The molecule has 0 radical (unpaired) electrons. The number of unbranched alkanes of at least 4 members (excludes halogenated alkanes) is 1. The zero-order valence-electron chi connectivity index (χ0n) is 12.8. The molecule has 2 atom stereocenters. The molecular formula is C16H26N2O2S. The predicted octanol–water partition coefficient (Wildman–Crippen LogP) is 2.20. The van der Waals surface area contributed by atoms with Gasteiger partial charge in [0.2, 0.25) is 5.91 Å². The van der Waals surface area contributed by atoms with Crippen molar-refractivity contribution < 1.29 is 9.90 Å². The molecule has 4 nitrogen and oxygen atoms in total. The largest absolute Gasteiger partial charge is 0.395 e. The number of aliphatic hydroxyl groups excluding tert-OH is 1. The summed E-state index contributed by atoms with van der Waals surface area (Å²) >= 11 is 1.63. The number of rotatable bonds is 8. The average molecular weight is 310 g/mol. The molecule has 1 amide bonds. The van der Waals surface area contributed by atoms with Gasteiger partial charge in [0, 0.05) is 17.5 Å². The first kappa shape index (κ1) is 16.5. The minimum atomic E-state index is -0.0534. The van der Waals surface area contributed by atoms with Gasteiger partial charge in [-0.1, -0.05) is 6.07 Å². The van der Waals surface area contributed by atoms with Crippen molar-refractivity contribution in [1.29, 1.82) is 0 Å². The lowest BCUT2D eigenvalue weighted by Gasteiger charge is -2.22. The number of aliphatic hydroxyl groups is 1. The first-order valence-electron chi connectivity index (χ1n) is 7.88. The Labute approximate surface area is 131 Å². The van der Waals surface area contributed by atoms with Crippen LogP contribution in [0.15, 0.2) is 17.5 Å². The summed E-state index contributed by atoms with van der Waals surface area (Å²) in [6.45, 7) is 5.10. The standard InChI is InChI=1S/C16H26N2O2S/c1-13(15-7-5-11-21-15)16(20)17-8-2-3-9-18-10-4-6-14(18)12-19/h5,7,11,13-14,19H,2-4,6,8-10,12H2,1H3,(H,17,20). The third-order valence-electron chi connectivity index (χ3n) is 4.24. The van der Waals surface area contributed by atoms with Gasteiger partial charge in [-0.05, 0) is 57.1 Å². The number of nitrogens with one attached hydrogen (secondary N) is 1. The molecule has 0 aromatic carbocycles. The van der Waals surface area contributed by atoms with Crippen molar-refractivity contribution in [2.75, 3.05) is 26.2 Å². The maximum atomic E-state index is 12.0. The molecule has 1 aromatic heterocycles. The van der Waals surface area contributed by atoms with Crippen LogP contribution in [0.25, 0.3) is 0 Å². The van der Waals surface area contributed by atoms with Crippen molar-refractivity contribution in [2.45, 2.75) is 44.6 Å². The number of carbonyl (C=O) groups excluding carboxylic acids is 1. The van der Waals surface area contributed by atoms with E-state index in [2.05, 4.69) is 10.2 Å². The van der Waals surface area contributed by atoms with Gasteiger partial charge in [-0.3, -0.25) is 9.69 Å². The van der Waals surface area contributed by atoms with Crippen molar-refractivity contribution in [3.8, 4) is 0 Å². The molecule has 21 heavy (non-hydrogen) atoms. The van der Waals surface area contributed by atoms with Crippen LogP contribution < -0.4 is 5.32 Å². The second-order valence-electron chi connectivity index (χ2n) is 5.75. The summed E-state index contributed by atoms with van der Waals surface area (Å²) in [5, 5.41) is 14.3. The number of carbonyl (C=O) groups is 1. The normalized spacial score (nSPS) is 20.6. The molecule has 0 aliphatic carbocycles. The highest BCUT2D eigenvalue weighted by Gasteiger charge is 2.22. The van der Waals surface area contributed by atoms with Crippen LogP contribution in [0.1, 0.15) is 43.4 Å². The molecule has 1 saturated heterocycles. The fraction of sp³-hybridized carbons (Fsp3) is 0.688. The molecule has 1 aromatic rings. The number of hydrogen-bond donors (Lipinski definition) is 2. The number of likely N-dealkylation sites (tertiary alicyclic amines) is 1. The summed E-state index contributed by atoms with van der Waals surface area (Å²) in [6.07, 6.45) is 4.38. The summed E-state index contributed by atoms with van der Waals surface area (Å²) in [4.78, 5) is 15.5. The molecular weight excluding hydrogens is 284 g/mol. The van der Waals surface area contributed by atoms with Gasteiger partial charge in [0.15, 0.2) is 0 Å². The molecule has 5 heteroatoms. The van der Waals surface area contributed by atoms with Crippen molar-refractivity contribution >= 4 is 17.2 Å². The third-order valence-corrected chi connectivity index (χ3v) is 5.30. The molecule has 2 heterocycles. The number of nitrogens with zero attached hydrogens (tertiary/aromatic N) is 1. The molecule has 0 spiro atoms. The van der Waals surface area contributed by atoms with E-state index >= 15 is 0 Å². The topological polar surface area (TPSA) is 52.6 Å². The monoisotopic (exact) mass is 310 g/mol. The smallest absolute Gasteiger partial charge is 0.228 e. The molecule has 2 unspecified atom stereocenters. The summed E-state index contributed by atoms with van der Waals surface area (Å²) in [6, 6.07) is 4.35. The lowest BCUT2D eigenvalue weighted by Crippen LogP contribution is -2.33. The molecule has 1 aliphatic rings. The highest BCUT2D eigenvalue weighted by molar-refractivity contribution is 7.10. The van der Waals surface area contributed by atoms with Crippen LogP contribution in [-0.4, -0.2) is 48.2 Å². The molecule has 118 valence electrons. The van der Waals surface area contributed by atoms with Gasteiger partial charge in [0.1, 0.15) is 0 Å². The van der Waals surface area contributed by atoms with Gasteiger partial charge in [-0.2, -0.15) is 0 Å². The Hall–Kier alpha value is -0.910. The Kier molecular flexibility index (Phi) is 6.67. The van der Waals surface area contributed by atoms with Crippen molar-refractivity contribution in [3.63, 3.8) is 0 Å². The molecule has 2 N–H and O–H groups in total.